The van der Waals surface area contributed by atoms with Gasteiger partial charge in [0.1, 0.15) is 17.3 Å². The molecule has 3 nitrogen and oxygen atoms in total. The van der Waals surface area contributed by atoms with Gasteiger partial charge in [0.15, 0.2) is 0 Å². The van der Waals surface area contributed by atoms with Gasteiger partial charge in [-0.05, 0) is 27.7 Å². The zero-order valence-electron chi connectivity index (χ0n) is 14.3. The summed E-state index contributed by atoms with van der Waals surface area (Å²) in [6, 6.07) is 8.38. The van der Waals surface area contributed by atoms with Crippen molar-refractivity contribution >= 4 is 5.82 Å². The van der Waals surface area contributed by atoms with E-state index in [2.05, 4.69) is 77.3 Å². The van der Waals surface area contributed by atoms with Crippen molar-refractivity contribution in [2.75, 3.05) is 5.73 Å². The third-order valence-corrected chi connectivity index (χ3v) is 3.58. The quantitative estimate of drug-likeness (QED) is 0.838. The standard InChI is InChI=1S/C18H27N3/c1-12-8-10-13(11-9-12)14-15(19)21(18(5,6)7)16(20-14)17(2,3)4/h8-11H,19H2,1-7H3. The van der Waals surface area contributed by atoms with Gasteiger partial charge in [-0.15, -0.1) is 0 Å². The van der Waals surface area contributed by atoms with Crippen molar-refractivity contribution in [3.8, 4) is 11.3 Å². The molecule has 1 aromatic carbocycles. The molecular formula is C18H27N3. The van der Waals surface area contributed by atoms with Crippen molar-refractivity contribution in [2.45, 2.75) is 59.4 Å². The Kier molecular flexibility index (Phi) is 3.64. The van der Waals surface area contributed by atoms with Crippen molar-refractivity contribution in [3.05, 3.63) is 35.7 Å². The highest BCUT2D eigenvalue weighted by atomic mass is 15.2. The van der Waals surface area contributed by atoms with E-state index in [1.807, 2.05) is 0 Å². The van der Waals surface area contributed by atoms with E-state index in [-0.39, 0.29) is 11.0 Å². The highest BCUT2D eigenvalue weighted by molar-refractivity contribution is 5.71. The number of nitrogens with zero attached hydrogens (tertiary/aromatic N) is 2. The maximum atomic E-state index is 6.46. The van der Waals surface area contributed by atoms with Crippen LogP contribution in [0.2, 0.25) is 0 Å². The molecule has 0 saturated carbocycles. The lowest BCUT2D eigenvalue weighted by Gasteiger charge is -2.29. The van der Waals surface area contributed by atoms with Gasteiger partial charge in [-0.3, -0.25) is 0 Å². The zero-order chi connectivity index (χ0) is 16.0. The second kappa shape index (κ2) is 4.90. The van der Waals surface area contributed by atoms with E-state index in [1.165, 1.54) is 5.56 Å². The Morgan fingerprint density at radius 1 is 0.952 bits per heavy atom. The van der Waals surface area contributed by atoms with Crippen LogP contribution < -0.4 is 5.73 Å². The number of aromatic nitrogens is 2. The first-order valence-corrected chi connectivity index (χ1v) is 7.48. The Morgan fingerprint density at radius 2 is 1.48 bits per heavy atom. The normalized spacial score (nSPS) is 12.7. The van der Waals surface area contributed by atoms with Crippen LogP contribution >= 0.6 is 0 Å². The molecule has 2 rings (SSSR count). The molecule has 2 aromatic rings. The van der Waals surface area contributed by atoms with Crippen molar-refractivity contribution in [3.63, 3.8) is 0 Å². The summed E-state index contributed by atoms with van der Waals surface area (Å²) in [7, 11) is 0. The van der Waals surface area contributed by atoms with E-state index in [0.717, 1.165) is 22.9 Å². The molecule has 0 radical (unpaired) electrons. The summed E-state index contributed by atoms with van der Waals surface area (Å²) in [6.07, 6.45) is 0. The Morgan fingerprint density at radius 3 is 1.86 bits per heavy atom. The predicted molar refractivity (Wildman–Crippen MR) is 90.5 cm³/mol. The number of aryl methyl sites for hydroxylation is 1. The van der Waals surface area contributed by atoms with Gasteiger partial charge in [-0.25, -0.2) is 4.98 Å². The fourth-order valence-electron chi connectivity index (χ4n) is 2.54. The largest absolute Gasteiger partial charge is 0.383 e. The molecule has 1 heterocycles. The van der Waals surface area contributed by atoms with Crippen LogP contribution in [0.4, 0.5) is 5.82 Å². The van der Waals surface area contributed by atoms with Crippen LogP contribution in [0.15, 0.2) is 24.3 Å². The second-order valence-electron chi connectivity index (χ2n) is 7.79. The van der Waals surface area contributed by atoms with Crippen molar-refractivity contribution in [1.29, 1.82) is 0 Å². The number of nitrogen functional groups attached to an aromatic ring is 1. The average Bonchev–Trinajstić information content (AvgIpc) is 2.67. The SMILES string of the molecule is Cc1ccc(-c2nc(C(C)(C)C)n(C(C)(C)C)c2N)cc1. The molecule has 0 spiro atoms. The molecule has 0 bridgehead atoms. The topological polar surface area (TPSA) is 43.8 Å². The van der Waals surface area contributed by atoms with Gasteiger partial charge < -0.3 is 10.3 Å². The lowest BCUT2D eigenvalue weighted by atomic mass is 9.94. The Hall–Kier alpha value is -1.77. The molecule has 2 N–H and O–H groups in total. The number of rotatable bonds is 1. The van der Waals surface area contributed by atoms with Gasteiger partial charge >= 0.3 is 0 Å². The molecule has 0 atom stereocenters. The maximum Gasteiger partial charge on any atom is 0.132 e. The number of nitrogens with two attached hydrogens (primary N) is 1. The molecule has 3 heteroatoms. The van der Waals surface area contributed by atoms with Crippen LogP contribution in [-0.4, -0.2) is 9.55 Å². The van der Waals surface area contributed by atoms with Gasteiger partial charge in [-0.1, -0.05) is 50.6 Å². The maximum absolute atomic E-state index is 6.46. The van der Waals surface area contributed by atoms with Gasteiger partial charge in [0, 0.05) is 16.5 Å². The summed E-state index contributed by atoms with van der Waals surface area (Å²) in [5.74, 6) is 1.78. The van der Waals surface area contributed by atoms with Gasteiger partial charge in [0.2, 0.25) is 0 Å². The lowest BCUT2D eigenvalue weighted by molar-refractivity contribution is 0.359. The smallest absolute Gasteiger partial charge is 0.132 e. The lowest BCUT2D eigenvalue weighted by Crippen LogP contribution is -2.30. The fraction of sp³-hybridized carbons (Fsp3) is 0.500. The van der Waals surface area contributed by atoms with E-state index in [0.29, 0.717) is 0 Å². The Labute approximate surface area is 128 Å². The monoisotopic (exact) mass is 285 g/mol. The number of hydrogen-bond donors (Lipinski definition) is 1. The molecule has 0 unspecified atom stereocenters. The average molecular weight is 285 g/mol. The first-order chi connectivity index (χ1) is 9.51. The number of imidazole rings is 1. The Bertz CT molecular complexity index is 635. The molecular weight excluding hydrogens is 258 g/mol. The van der Waals surface area contributed by atoms with Crippen LogP contribution in [0.25, 0.3) is 11.3 Å². The van der Waals surface area contributed by atoms with E-state index >= 15 is 0 Å². The fourth-order valence-corrected chi connectivity index (χ4v) is 2.54. The van der Waals surface area contributed by atoms with E-state index < -0.39 is 0 Å². The van der Waals surface area contributed by atoms with E-state index in [1.54, 1.807) is 0 Å². The minimum atomic E-state index is -0.0946. The number of anilines is 1. The first kappa shape index (κ1) is 15.6. The second-order valence-corrected chi connectivity index (χ2v) is 7.79. The minimum absolute atomic E-state index is 0.0512. The van der Waals surface area contributed by atoms with Crippen molar-refractivity contribution in [1.82, 2.24) is 9.55 Å². The summed E-state index contributed by atoms with van der Waals surface area (Å²) >= 11 is 0. The Balaban J connectivity index is 2.70. The summed E-state index contributed by atoms with van der Waals surface area (Å²) in [5.41, 5.74) is 9.51. The summed E-state index contributed by atoms with van der Waals surface area (Å²) in [4.78, 5) is 4.89. The van der Waals surface area contributed by atoms with E-state index in [9.17, 15) is 0 Å². The van der Waals surface area contributed by atoms with Gasteiger partial charge in [-0.2, -0.15) is 0 Å². The van der Waals surface area contributed by atoms with Crippen molar-refractivity contribution < 1.29 is 0 Å². The highest BCUT2D eigenvalue weighted by Crippen LogP contribution is 2.36. The molecule has 0 saturated heterocycles. The molecule has 21 heavy (non-hydrogen) atoms. The molecule has 0 amide bonds. The van der Waals surface area contributed by atoms with E-state index in [4.69, 9.17) is 10.7 Å². The number of benzene rings is 1. The predicted octanol–water partition coefficient (Wildman–Crippen LogP) is 4.49. The van der Waals surface area contributed by atoms with Crippen LogP contribution in [-0.2, 0) is 11.0 Å². The zero-order valence-corrected chi connectivity index (χ0v) is 14.3. The molecule has 1 aromatic heterocycles. The minimum Gasteiger partial charge on any atom is -0.383 e. The first-order valence-electron chi connectivity index (χ1n) is 7.48. The van der Waals surface area contributed by atoms with Crippen LogP contribution in [0, 0.1) is 6.92 Å². The molecule has 0 aliphatic heterocycles. The van der Waals surface area contributed by atoms with Gasteiger partial charge in [0.25, 0.3) is 0 Å². The summed E-state index contributed by atoms with van der Waals surface area (Å²) in [5, 5.41) is 0. The summed E-state index contributed by atoms with van der Waals surface area (Å²) in [6.45, 7) is 15.1. The van der Waals surface area contributed by atoms with Crippen LogP contribution in [0.1, 0.15) is 52.9 Å². The highest BCUT2D eigenvalue weighted by Gasteiger charge is 2.30. The third-order valence-electron chi connectivity index (χ3n) is 3.58. The summed E-state index contributed by atoms with van der Waals surface area (Å²) < 4.78 is 2.17. The third kappa shape index (κ3) is 2.97. The number of hydrogen-bond acceptors (Lipinski definition) is 2. The molecule has 0 fully saturated rings. The molecule has 114 valence electrons. The van der Waals surface area contributed by atoms with Crippen LogP contribution in [0.3, 0.4) is 0 Å². The van der Waals surface area contributed by atoms with Crippen molar-refractivity contribution in [2.24, 2.45) is 0 Å². The van der Waals surface area contributed by atoms with Gasteiger partial charge in [0.05, 0.1) is 0 Å². The molecule has 0 aliphatic rings. The molecule has 0 aliphatic carbocycles. The van der Waals surface area contributed by atoms with Crippen LogP contribution in [0.5, 0.6) is 0 Å².